The van der Waals surface area contributed by atoms with E-state index in [1.165, 1.54) is 38.5 Å². The maximum atomic E-state index is 12.4. The van der Waals surface area contributed by atoms with Gasteiger partial charge in [-0.25, -0.2) is 0 Å². The van der Waals surface area contributed by atoms with Gasteiger partial charge in [0.25, 0.3) is 0 Å². The number of esters is 2. The Labute approximate surface area is 284 Å². The molecule has 0 aromatic rings. The topological polar surface area (TPSA) is 61.8 Å². The van der Waals surface area contributed by atoms with Gasteiger partial charge in [0.05, 0.1) is 6.61 Å². The Morgan fingerprint density at radius 2 is 0.978 bits per heavy atom. The molecule has 0 aromatic carbocycles. The van der Waals surface area contributed by atoms with Gasteiger partial charge in [0, 0.05) is 19.4 Å². The zero-order valence-electron chi connectivity index (χ0n) is 30.1. The summed E-state index contributed by atoms with van der Waals surface area (Å²) in [7, 11) is 0. The molecule has 0 saturated heterocycles. The highest BCUT2D eigenvalue weighted by molar-refractivity contribution is 5.70. The first-order valence-corrected chi connectivity index (χ1v) is 18.8. The number of hydrogen-bond acceptors (Lipinski definition) is 5. The van der Waals surface area contributed by atoms with Gasteiger partial charge in [0.2, 0.25) is 0 Å². The van der Waals surface area contributed by atoms with Gasteiger partial charge in [-0.1, -0.05) is 146 Å². The molecule has 0 radical (unpaired) electrons. The van der Waals surface area contributed by atoms with E-state index in [2.05, 4.69) is 81.5 Å². The van der Waals surface area contributed by atoms with E-state index >= 15 is 0 Å². The van der Waals surface area contributed by atoms with Gasteiger partial charge in [-0.3, -0.25) is 9.59 Å². The fourth-order valence-electron chi connectivity index (χ4n) is 4.77. The van der Waals surface area contributed by atoms with Crippen LogP contribution < -0.4 is 0 Å². The molecule has 0 heterocycles. The minimum absolute atomic E-state index is 0.0664. The third-order valence-corrected chi connectivity index (χ3v) is 7.57. The van der Waals surface area contributed by atoms with Crippen molar-refractivity contribution in [2.24, 2.45) is 0 Å². The summed E-state index contributed by atoms with van der Waals surface area (Å²) in [4.78, 5) is 24.7. The second kappa shape index (κ2) is 37.1. The van der Waals surface area contributed by atoms with Crippen LogP contribution in [0.2, 0.25) is 0 Å². The molecule has 0 saturated carbocycles. The van der Waals surface area contributed by atoms with Crippen molar-refractivity contribution < 1.29 is 23.8 Å². The lowest BCUT2D eigenvalue weighted by molar-refractivity contribution is -0.163. The minimum Gasteiger partial charge on any atom is -0.462 e. The van der Waals surface area contributed by atoms with Gasteiger partial charge < -0.3 is 14.2 Å². The maximum Gasteiger partial charge on any atom is 0.306 e. The highest BCUT2D eigenvalue weighted by Gasteiger charge is 2.17. The fraction of sp³-hybridized carbons (Fsp3) is 0.707. The van der Waals surface area contributed by atoms with E-state index in [-0.39, 0.29) is 25.2 Å². The second-order valence-electron chi connectivity index (χ2n) is 12.1. The summed E-state index contributed by atoms with van der Waals surface area (Å²) in [5.74, 6) is -0.456. The van der Waals surface area contributed by atoms with E-state index in [1.807, 2.05) is 0 Å². The number of unbranched alkanes of at least 4 members (excludes halogenated alkanes) is 12. The van der Waals surface area contributed by atoms with E-state index in [0.29, 0.717) is 19.4 Å². The summed E-state index contributed by atoms with van der Waals surface area (Å²) in [5, 5.41) is 0. The Morgan fingerprint density at radius 3 is 1.57 bits per heavy atom. The first-order chi connectivity index (χ1) is 22.6. The van der Waals surface area contributed by atoms with Crippen LogP contribution in [0.1, 0.15) is 162 Å². The standard InChI is InChI=1S/C41H70O5/c1-4-7-10-13-15-16-17-18-19-20-21-22-23-24-25-26-27-29-31-34-40(42)45-38-39(37-44-36-33-30-14-11-8-5-2)46-41(43)35-32-28-12-9-6-3/h7,10,15-16,18-19,21-22,24-25,39H,4-6,8-9,11-14,17,20,23,26-38H2,1-3H3/b10-7-,16-15-,19-18-,22-21-,25-24-. The number of ether oxygens (including phenoxy) is 3. The van der Waals surface area contributed by atoms with Crippen molar-refractivity contribution in [3.63, 3.8) is 0 Å². The second-order valence-corrected chi connectivity index (χ2v) is 12.1. The van der Waals surface area contributed by atoms with Gasteiger partial charge in [-0.15, -0.1) is 0 Å². The molecule has 0 aliphatic rings. The molecule has 1 unspecified atom stereocenters. The molecule has 0 rings (SSSR count). The van der Waals surface area contributed by atoms with E-state index in [1.54, 1.807) is 0 Å². The molecule has 0 aromatic heterocycles. The van der Waals surface area contributed by atoms with Crippen LogP contribution in [0.25, 0.3) is 0 Å². The van der Waals surface area contributed by atoms with Crippen molar-refractivity contribution in [2.75, 3.05) is 19.8 Å². The molecule has 5 nitrogen and oxygen atoms in total. The molecule has 46 heavy (non-hydrogen) atoms. The first kappa shape index (κ1) is 43.6. The predicted octanol–water partition coefficient (Wildman–Crippen LogP) is 11.9. The Bertz CT molecular complexity index is 823. The van der Waals surface area contributed by atoms with Gasteiger partial charge in [-0.05, 0) is 64.2 Å². The van der Waals surface area contributed by atoms with Crippen LogP contribution in [0.15, 0.2) is 60.8 Å². The summed E-state index contributed by atoms with van der Waals surface area (Å²) >= 11 is 0. The molecule has 0 aliphatic heterocycles. The van der Waals surface area contributed by atoms with Crippen LogP contribution in [-0.4, -0.2) is 37.9 Å². The smallest absolute Gasteiger partial charge is 0.306 e. The summed E-state index contributed by atoms with van der Waals surface area (Å²) in [5.41, 5.74) is 0. The largest absolute Gasteiger partial charge is 0.462 e. The highest BCUT2D eigenvalue weighted by atomic mass is 16.6. The maximum absolute atomic E-state index is 12.4. The zero-order chi connectivity index (χ0) is 33.6. The van der Waals surface area contributed by atoms with Crippen molar-refractivity contribution in [2.45, 2.75) is 168 Å². The number of rotatable bonds is 33. The third kappa shape index (κ3) is 34.5. The first-order valence-electron chi connectivity index (χ1n) is 18.8. The van der Waals surface area contributed by atoms with Crippen LogP contribution in [-0.2, 0) is 23.8 Å². The molecular weight excluding hydrogens is 572 g/mol. The monoisotopic (exact) mass is 643 g/mol. The molecule has 0 aliphatic carbocycles. The number of allylic oxidation sites excluding steroid dienone is 10. The van der Waals surface area contributed by atoms with Crippen molar-refractivity contribution in [3.05, 3.63) is 60.8 Å². The van der Waals surface area contributed by atoms with E-state index in [0.717, 1.165) is 89.9 Å². The van der Waals surface area contributed by atoms with Gasteiger partial charge >= 0.3 is 11.9 Å². The molecule has 264 valence electrons. The molecular formula is C41H70O5. The predicted molar refractivity (Wildman–Crippen MR) is 196 cm³/mol. The van der Waals surface area contributed by atoms with Crippen molar-refractivity contribution in [1.29, 1.82) is 0 Å². The fourth-order valence-corrected chi connectivity index (χ4v) is 4.77. The van der Waals surface area contributed by atoms with Gasteiger partial charge in [0.1, 0.15) is 6.61 Å². The molecule has 0 fully saturated rings. The molecule has 0 N–H and O–H groups in total. The van der Waals surface area contributed by atoms with Crippen LogP contribution in [0.5, 0.6) is 0 Å². The van der Waals surface area contributed by atoms with Crippen LogP contribution in [0, 0.1) is 0 Å². The zero-order valence-corrected chi connectivity index (χ0v) is 30.1. The number of carbonyl (C=O) groups is 2. The summed E-state index contributed by atoms with van der Waals surface area (Å²) in [6, 6.07) is 0. The highest BCUT2D eigenvalue weighted by Crippen LogP contribution is 2.10. The third-order valence-electron chi connectivity index (χ3n) is 7.57. The van der Waals surface area contributed by atoms with Crippen LogP contribution >= 0.6 is 0 Å². The SMILES string of the molecule is CC/C=C\C/C=C\C/C=C\C/C=C\C/C=C\CCCCCC(=O)OCC(COCCCCCCCC)OC(=O)CCCCCCC. The minimum atomic E-state index is -0.539. The van der Waals surface area contributed by atoms with E-state index in [9.17, 15) is 9.59 Å². The summed E-state index contributed by atoms with van der Waals surface area (Å²) in [6.45, 7) is 7.54. The van der Waals surface area contributed by atoms with Gasteiger partial charge in [-0.2, -0.15) is 0 Å². The number of carbonyl (C=O) groups excluding carboxylic acids is 2. The quantitative estimate of drug-likeness (QED) is 0.0405. The molecule has 1 atom stereocenters. The molecule has 0 amide bonds. The molecule has 5 heteroatoms. The van der Waals surface area contributed by atoms with E-state index < -0.39 is 6.10 Å². The Balaban J connectivity index is 4.09. The summed E-state index contributed by atoms with van der Waals surface area (Å²) in [6.07, 6.45) is 43.9. The number of hydrogen-bond donors (Lipinski definition) is 0. The van der Waals surface area contributed by atoms with Crippen molar-refractivity contribution in [3.8, 4) is 0 Å². The van der Waals surface area contributed by atoms with Crippen molar-refractivity contribution in [1.82, 2.24) is 0 Å². The average molecular weight is 643 g/mol. The van der Waals surface area contributed by atoms with Crippen LogP contribution in [0.3, 0.4) is 0 Å². The Hall–Kier alpha value is -2.40. The molecule has 0 spiro atoms. The lowest BCUT2D eigenvalue weighted by Crippen LogP contribution is -2.30. The average Bonchev–Trinajstić information content (AvgIpc) is 3.05. The van der Waals surface area contributed by atoms with Crippen LogP contribution in [0.4, 0.5) is 0 Å². The van der Waals surface area contributed by atoms with E-state index in [4.69, 9.17) is 14.2 Å². The normalized spacial score (nSPS) is 12.8. The Morgan fingerprint density at radius 1 is 0.500 bits per heavy atom. The lowest BCUT2D eigenvalue weighted by Gasteiger charge is -2.18. The van der Waals surface area contributed by atoms with Gasteiger partial charge in [0.15, 0.2) is 6.10 Å². The van der Waals surface area contributed by atoms with Crippen molar-refractivity contribution >= 4 is 11.9 Å². The lowest BCUT2D eigenvalue weighted by atomic mass is 10.1. The Kier molecular flexibility index (Phi) is 35.1. The molecule has 0 bridgehead atoms. The summed E-state index contributed by atoms with van der Waals surface area (Å²) < 4.78 is 17.0.